The van der Waals surface area contributed by atoms with Crippen LogP contribution in [0.5, 0.6) is 0 Å². The van der Waals surface area contributed by atoms with Gasteiger partial charge >= 0.3 is 0 Å². The van der Waals surface area contributed by atoms with Crippen molar-refractivity contribution in [2.45, 2.75) is 58.3 Å². The van der Waals surface area contributed by atoms with Crippen molar-refractivity contribution in [3.8, 4) is 0 Å². The normalized spacial score (nSPS) is 23.2. The van der Waals surface area contributed by atoms with Gasteiger partial charge in [-0.1, -0.05) is 26.2 Å². The molecule has 0 amide bonds. The predicted octanol–water partition coefficient (Wildman–Crippen LogP) is 3.99. The van der Waals surface area contributed by atoms with Crippen molar-refractivity contribution in [3.63, 3.8) is 0 Å². The van der Waals surface area contributed by atoms with Gasteiger partial charge < -0.3 is 4.90 Å². The van der Waals surface area contributed by atoms with E-state index in [4.69, 9.17) is 0 Å². The third-order valence-electron chi connectivity index (χ3n) is 3.77. The molecule has 96 valence electrons. The summed E-state index contributed by atoms with van der Waals surface area (Å²) in [5, 5.41) is 0. The van der Waals surface area contributed by atoms with Gasteiger partial charge in [-0.05, 0) is 63.4 Å². The van der Waals surface area contributed by atoms with Crippen LogP contribution in [0.1, 0.15) is 58.3 Å². The summed E-state index contributed by atoms with van der Waals surface area (Å²) in [7, 11) is 0. The summed E-state index contributed by atoms with van der Waals surface area (Å²) in [5.41, 5.74) is 0. The quantitative estimate of drug-likeness (QED) is 0.523. The number of thiol groups is 1. The van der Waals surface area contributed by atoms with E-state index < -0.39 is 0 Å². The highest BCUT2D eigenvalue weighted by atomic mass is 32.1. The van der Waals surface area contributed by atoms with Gasteiger partial charge in [-0.2, -0.15) is 12.6 Å². The molecule has 2 heteroatoms. The molecular weight excluding hydrogens is 214 g/mol. The zero-order chi connectivity index (χ0) is 11.6. The second-order valence-electron chi connectivity index (χ2n) is 5.21. The largest absolute Gasteiger partial charge is 0.303 e. The van der Waals surface area contributed by atoms with E-state index in [1.54, 1.807) is 0 Å². The molecule has 0 aromatic heterocycles. The minimum atomic E-state index is 1.02. The molecule has 0 N–H and O–H groups in total. The van der Waals surface area contributed by atoms with Crippen LogP contribution in [0, 0.1) is 5.92 Å². The number of nitrogens with zero attached hydrogens (tertiary/aromatic N) is 1. The molecule has 0 saturated carbocycles. The molecule has 0 radical (unpaired) electrons. The maximum atomic E-state index is 4.26. The molecule has 1 saturated heterocycles. The summed E-state index contributed by atoms with van der Waals surface area (Å²) in [6, 6.07) is 0. The van der Waals surface area contributed by atoms with Crippen molar-refractivity contribution < 1.29 is 0 Å². The van der Waals surface area contributed by atoms with E-state index in [9.17, 15) is 0 Å². The molecule has 0 aromatic rings. The van der Waals surface area contributed by atoms with E-state index in [1.165, 1.54) is 71.0 Å². The Morgan fingerprint density at radius 1 is 1.12 bits per heavy atom. The van der Waals surface area contributed by atoms with Crippen molar-refractivity contribution in [2.24, 2.45) is 5.92 Å². The van der Waals surface area contributed by atoms with Crippen LogP contribution in [0.3, 0.4) is 0 Å². The van der Waals surface area contributed by atoms with E-state index in [-0.39, 0.29) is 0 Å². The number of likely N-dealkylation sites (tertiary alicyclic amines) is 1. The maximum Gasteiger partial charge on any atom is -0.00161 e. The van der Waals surface area contributed by atoms with Gasteiger partial charge in [0.1, 0.15) is 0 Å². The number of hydrogen-bond donors (Lipinski definition) is 1. The van der Waals surface area contributed by atoms with Crippen LogP contribution in [0.25, 0.3) is 0 Å². The smallest absolute Gasteiger partial charge is 0.00161 e. The van der Waals surface area contributed by atoms with Gasteiger partial charge in [0.15, 0.2) is 0 Å². The molecule has 16 heavy (non-hydrogen) atoms. The first-order valence-corrected chi connectivity index (χ1v) is 7.83. The molecular formula is C14H29NS. The molecule has 1 aliphatic rings. The minimum Gasteiger partial charge on any atom is -0.303 e. The van der Waals surface area contributed by atoms with Crippen LogP contribution < -0.4 is 0 Å². The maximum absolute atomic E-state index is 4.26. The highest BCUT2D eigenvalue weighted by Gasteiger charge is 2.15. The predicted molar refractivity (Wildman–Crippen MR) is 76.4 cm³/mol. The van der Waals surface area contributed by atoms with Crippen LogP contribution in [0.4, 0.5) is 0 Å². The van der Waals surface area contributed by atoms with Crippen molar-refractivity contribution in [1.29, 1.82) is 0 Å². The number of rotatable bonds is 7. The first-order valence-electron chi connectivity index (χ1n) is 7.20. The third kappa shape index (κ3) is 6.15. The average Bonchev–Trinajstić information content (AvgIpc) is 2.51. The fraction of sp³-hybridized carbons (Fsp3) is 1.00. The van der Waals surface area contributed by atoms with Crippen LogP contribution >= 0.6 is 12.6 Å². The molecule has 0 aromatic carbocycles. The molecule has 1 aliphatic heterocycles. The van der Waals surface area contributed by atoms with Gasteiger partial charge in [-0.3, -0.25) is 0 Å². The summed E-state index contributed by atoms with van der Waals surface area (Å²) < 4.78 is 0. The monoisotopic (exact) mass is 243 g/mol. The fourth-order valence-electron chi connectivity index (χ4n) is 2.77. The Morgan fingerprint density at radius 3 is 2.75 bits per heavy atom. The summed E-state index contributed by atoms with van der Waals surface area (Å²) in [5.74, 6) is 2.07. The summed E-state index contributed by atoms with van der Waals surface area (Å²) in [6.45, 7) is 6.35. The van der Waals surface area contributed by atoms with Crippen molar-refractivity contribution >= 4 is 12.6 Å². The van der Waals surface area contributed by atoms with Crippen molar-refractivity contribution in [2.75, 3.05) is 25.4 Å². The van der Waals surface area contributed by atoms with Gasteiger partial charge in [-0.15, -0.1) is 0 Å². The molecule has 1 atom stereocenters. The topological polar surface area (TPSA) is 3.24 Å². The summed E-state index contributed by atoms with van der Waals surface area (Å²) in [6.07, 6.45) is 11.2. The Hall–Kier alpha value is 0.310. The molecule has 1 fully saturated rings. The highest BCUT2D eigenvalue weighted by molar-refractivity contribution is 7.80. The zero-order valence-electron chi connectivity index (χ0n) is 11.0. The van der Waals surface area contributed by atoms with Crippen molar-refractivity contribution in [3.05, 3.63) is 0 Å². The second-order valence-corrected chi connectivity index (χ2v) is 5.66. The van der Waals surface area contributed by atoms with Gasteiger partial charge in [-0.25, -0.2) is 0 Å². The summed E-state index contributed by atoms with van der Waals surface area (Å²) >= 11 is 4.26. The lowest BCUT2D eigenvalue weighted by Gasteiger charge is -2.19. The molecule has 0 spiro atoms. The molecule has 0 bridgehead atoms. The lowest BCUT2D eigenvalue weighted by atomic mass is 9.96. The van der Waals surface area contributed by atoms with Gasteiger partial charge in [0.25, 0.3) is 0 Å². The van der Waals surface area contributed by atoms with E-state index in [2.05, 4.69) is 24.5 Å². The Kier molecular flexibility index (Phi) is 8.40. The van der Waals surface area contributed by atoms with Crippen LogP contribution in [0.2, 0.25) is 0 Å². The minimum absolute atomic E-state index is 1.02. The zero-order valence-corrected chi connectivity index (χ0v) is 11.9. The Labute approximate surface area is 107 Å². The number of unbranched alkanes of at least 4 members (excludes halogenated alkanes) is 2. The Bertz CT molecular complexity index is 161. The van der Waals surface area contributed by atoms with Crippen LogP contribution in [-0.4, -0.2) is 30.3 Å². The lowest BCUT2D eigenvalue weighted by molar-refractivity contribution is 0.273. The molecule has 0 aliphatic carbocycles. The first-order chi connectivity index (χ1) is 7.86. The average molecular weight is 243 g/mol. The van der Waals surface area contributed by atoms with Gasteiger partial charge in [0, 0.05) is 0 Å². The summed E-state index contributed by atoms with van der Waals surface area (Å²) in [4.78, 5) is 2.69. The van der Waals surface area contributed by atoms with E-state index in [1.807, 2.05) is 0 Å². The molecule has 1 rings (SSSR count). The van der Waals surface area contributed by atoms with E-state index >= 15 is 0 Å². The molecule has 1 unspecified atom stereocenters. The Balaban J connectivity index is 2.10. The molecule has 1 heterocycles. The Morgan fingerprint density at radius 2 is 2.00 bits per heavy atom. The molecule has 1 nitrogen and oxygen atoms in total. The van der Waals surface area contributed by atoms with Crippen LogP contribution in [0.15, 0.2) is 0 Å². The van der Waals surface area contributed by atoms with Gasteiger partial charge in [0.2, 0.25) is 0 Å². The van der Waals surface area contributed by atoms with E-state index in [0.29, 0.717) is 0 Å². The van der Waals surface area contributed by atoms with E-state index in [0.717, 1.165) is 11.7 Å². The third-order valence-corrected chi connectivity index (χ3v) is 4.09. The van der Waals surface area contributed by atoms with Crippen molar-refractivity contribution in [1.82, 2.24) is 4.90 Å². The highest BCUT2D eigenvalue weighted by Crippen LogP contribution is 2.22. The fourth-order valence-corrected chi connectivity index (χ4v) is 2.99. The number of hydrogen-bond acceptors (Lipinski definition) is 2. The SMILES string of the molecule is CCCC1CCCN(CCCCCS)CC1. The second kappa shape index (κ2) is 9.35. The standard InChI is InChI=1S/C14H29NS/c1-2-7-14-8-6-11-15(12-9-14)10-4-3-5-13-16/h14,16H,2-13H2,1H3. The van der Waals surface area contributed by atoms with Crippen LogP contribution in [-0.2, 0) is 0 Å². The first kappa shape index (κ1) is 14.4. The lowest BCUT2D eigenvalue weighted by Crippen LogP contribution is -2.26. The van der Waals surface area contributed by atoms with Gasteiger partial charge in [0.05, 0.1) is 0 Å².